The van der Waals surface area contributed by atoms with Crippen LogP contribution in [0.3, 0.4) is 0 Å². The lowest BCUT2D eigenvalue weighted by Gasteiger charge is -2.30. The maximum absolute atomic E-state index is 5.83. The van der Waals surface area contributed by atoms with E-state index >= 15 is 0 Å². The average molecular weight is 297 g/mol. The predicted molar refractivity (Wildman–Crippen MR) is 94.7 cm³/mol. The number of piperidine rings is 1. The Kier molecular flexibility index (Phi) is 4.63. The number of hydrogen-bond donors (Lipinski definition) is 1. The molecule has 3 heteroatoms. The van der Waals surface area contributed by atoms with Crippen molar-refractivity contribution in [2.24, 2.45) is 5.73 Å². The van der Waals surface area contributed by atoms with Crippen molar-refractivity contribution in [1.29, 1.82) is 0 Å². The summed E-state index contributed by atoms with van der Waals surface area (Å²) in [5.74, 6) is 1.71. The molecule has 0 unspecified atom stereocenters. The molecule has 0 amide bonds. The van der Waals surface area contributed by atoms with Gasteiger partial charge in [-0.1, -0.05) is 19.9 Å². The van der Waals surface area contributed by atoms with Gasteiger partial charge >= 0.3 is 0 Å². The van der Waals surface area contributed by atoms with Gasteiger partial charge in [-0.15, -0.1) is 0 Å². The van der Waals surface area contributed by atoms with Crippen LogP contribution in [-0.2, 0) is 6.42 Å². The molecular formula is C19H27N3. The lowest BCUT2D eigenvalue weighted by Crippen LogP contribution is -2.31. The van der Waals surface area contributed by atoms with Crippen LogP contribution in [0.4, 0.5) is 5.82 Å². The Bertz CT molecular complexity index is 642. The molecule has 1 aromatic carbocycles. The van der Waals surface area contributed by atoms with Gasteiger partial charge < -0.3 is 10.6 Å². The van der Waals surface area contributed by atoms with E-state index in [4.69, 9.17) is 10.7 Å². The van der Waals surface area contributed by atoms with Crippen LogP contribution in [0.1, 0.15) is 50.2 Å². The highest BCUT2D eigenvalue weighted by atomic mass is 15.2. The second kappa shape index (κ2) is 6.66. The van der Waals surface area contributed by atoms with Crippen LogP contribution in [0.15, 0.2) is 24.3 Å². The highest BCUT2D eigenvalue weighted by Crippen LogP contribution is 2.28. The van der Waals surface area contributed by atoms with E-state index in [9.17, 15) is 0 Å². The van der Waals surface area contributed by atoms with Gasteiger partial charge in [-0.3, -0.25) is 0 Å². The van der Waals surface area contributed by atoms with Crippen molar-refractivity contribution in [2.45, 2.75) is 45.4 Å². The van der Waals surface area contributed by atoms with Crippen molar-refractivity contribution in [3.63, 3.8) is 0 Å². The molecule has 2 N–H and O–H groups in total. The summed E-state index contributed by atoms with van der Waals surface area (Å²) in [5.41, 5.74) is 9.61. The number of benzene rings is 1. The monoisotopic (exact) mass is 297 g/mol. The van der Waals surface area contributed by atoms with Crippen LogP contribution in [0.2, 0.25) is 0 Å². The number of hydrogen-bond acceptors (Lipinski definition) is 3. The van der Waals surface area contributed by atoms with Crippen LogP contribution < -0.4 is 10.6 Å². The number of nitrogens with zero attached hydrogens (tertiary/aromatic N) is 2. The normalized spacial score (nSPS) is 15.7. The minimum atomic E-state index is 0.545. The summed E-state index contributed by atoms with van der Waals surface area (Å²) >= 11 is 0. The zero-order valence-electron chi connectivity index (χ0n) is 13.8. The molecule has 2 heterocycles. The third-order valence-electron chi connectivity index (χ3n) is 4.63. The summed E-state index contributed by atoms with van der Waals surface area (Å²) in [6.45, 7) is 7.40. The van der Waals surface area contributed by atoms with Gasteiger partial charge in [0.25, 0.3) is 0 Å². The van der Waals surface area contributed by atoms with Crippen LogP contribution in [0, 0.1) is 0 Å². The van der Waals surface area contributed by atoms with E-state index in [1.807, 2.05) is 0 Å². The molecule has 3 nitrogen and oxygen atoms in total. The van der Waals surface area contributed by atoms with E-state index in [-0.39, 0.29) is 0 Å². The molecule has 22 heavy (non-hydrogen) atoms. The van der Waals surface area contributed by atoms with Crippen LogP contribution >= 0.6 is 0 Å². The maximum Gasteiger partial charge on any atom is 0.132 e. The lowest BCUT2D eigenvalue weighted by atomic mass is 9.99. The number of aromatic nitrogens is 1. The molecule has 0 spiro atoms. The molecule has 0 bridgehead atoms. The number of anilines is 1. The van der Waals surface area contributed by atoms with Crippen molar-refractivity contribution in [3.05, 3.63) is 35.4 Å². The second-order valence-corrected chi connectivity index (χ2v) is 6.66. The highest BCUT2D eigenvalue weighted by molar-refractivity contribution is 5.82. The Hall–Kier alpha value is -1.61. The van der Waals surface area contributed by atoms with Gasteiger partial charge in [0.2, 0.25) is 0 Å². The number of fused-ring (bicyclic) bond motifs is 1. The maximum atomic E-state index is 5.83. The first-order valence-electron chi connectivity index (χ1n) is 8.57. The van der Waals surface area contributed by atoms with E-state index in [1.54, 1.807) is 0 Å². The van der Waals surface area contributed by atoms with Gasteiger partial charge in [0.05, 0.1) is 5.52 Å². The van der Waals surface area contributed by atoms with Crippen molar-refractivity contribution in [3.8, 4) is 0 Å². The number of rotatable bonds is 4. The quantitative estimate of drug-likeness (QED) is 0.932. The van der Waals surface area contributed by atoms with E-state index < -0.39 is 0 Å². The van der Waals surface area contributed by atoms with Crippen molar-refractivity contribution in [1.82, 2.24) is 4.98 Å². The fraction of sp³-hybridized carbons (Fsp3) is 0.526. The van der Waals surface area contributed by atoms with Gasteiger partial charge in [0, 0.05) is 18.5 Å². The molecule has 0 aliphatic carbocycles. The Morgan fingerprint density at radius 1 is 1.14 bits per heavy atom. The van der Waals surface area contributed by atoms with Crippen molar-refractivity contribution >= 4 is 16.7 Å². The molecule has 1 aromatic heterocycles. The summed E-state index contributed by atoms with van der Waals surface area (Å²) in [6, 6.07) is 8.98. The fourth-order valence-electron chi connectivity index (χ4n) is 3.31. The highest BCUT2D eigenvalue weighted by Gasteiger charge is 2.17. The first kappa shape index (κ1) is 15.3. The third kappa shape index (κ3) is 3.09. The number of nitrogens with two attached hydrogens (primary N) is 1. The Morgan fingerprint density at radius 3 is 2.59 bits per heavy atom. The molecule has 0 saturated carbocycles. The second-order valence-electron chi connectivity index (χ2n) is 6.66. The van der Waals surface area contributed by atoms with Crippen LogP contribution in [0.25, 0.3) is 10.9 Å². The summed E-state index contributed by atoms with van der Waals surface area (Å²) in [4.78, 5) is 7.44. The van der Waals surface area contributed by atoms with Gasteiger partial charge in [-0.2, -0.15) is 0 Å². The lowest BCUT2D eigenvalue weighted by molar-refractivity contribution is 0.572. The van der Waals surface area contributed by atoms with E-state index in [1.165, 1.54) is 35.8 Å². The van der Waals surface area contributed by atoms with Crippen LogP contribution in [-0.4, -0.2) is 24.6 Å². The zero-order chi connectivity index (χ0) is 15.5. The van der Waals surface area contributed by atoms with Crippen LogP contribution in [0.5, 0.6) is 0 Å². The van der Waals surface area contributed by atoms with E-state index in [2.05, 4.69) is 43.0 Å². The molecule has 1 aliphatic rings. The molecule has 1 aliphatic heterocycles. The smallest absolute Gasteiger partial charge is 0.132 e. The van der Waals surface area contributed by atoms with E-state index in [0.29, 0.717) is 12.5 Å². The first-order chi connectivity index (χ1) is 10.7. The van der Waals surface area contributed by atoms with Gasteiger partial charge in [0.1, 0.15) is 5.82 Å². The molecule has 3 rings (SSSR count). The first-order valence-corrected chi connectivity index (χ1v) is 8.57. The minimum absolute atomic E-state index is 0.545. The average Bonchev–Trinajstić information content (AvgIpc) is 2.54. The third-order valence-corrected chi connectivity index (χ3v) is 4.63. The zero-order valence-corrected chi connectivity index (χ0v) is 13.8. The summed E-state index contributed by atoms with van der Waals surface area (Å²) < 4.78 is 0. The summed E-state index contributed by atoms with van der Waals surface area (Å²) in [7, 11) is 0. The molecular weight excluding hydrogens is 270 g/mol. The summed E-state index contributed by atoms with van der Waals surface area (Å²) in [5, 5.41) is 1.25. The van der Waals surface area contributed by atoms with Gasteiger partial charge in [-0.25, -0.2) is 4.98 Å². The topological polar surface area (TPSA) is 42.2 Å². The Labute approximate surface area is 133 Å². The fourth-order valence-corrected chi connectivity index (χ4v) is 3.31. The SMILES string of the molecule is CC(C)c1ccc2nc(N3CCCCC3)c(CCN)cc2c1. The Morgan fingerprint density at radius 2 is 1.91 bits per heavy atom. The van der Waals surface area contributed by atoms with Gasteiger partial charge in [0.15, 0.2) is 0 Å². The molecule has 0 atom stereocenters. The predicted octanol–water partition coefficient (Wildman–Crippen LogP) is 3.85. The minimum Gasteiger partial charge on any atom is -0.356 e. The standard InChI is InChI=1S/C19H27N3/c1-14(2)15-6-7-18-17(12-15)13-16(8-9-20)19(21-18)22-10-4-3-5-11-22/h6-7,12-14H,3-5,8-11,20H2,1-2H3. The van der Waals surface area contributed by atoms with Gasteiger partial charge in [-0.05, 0) is 67.5 Å². The van der Waals surface area contributed by atoms with Crippen molar-refractivity contribution < 1.29 is 0 Å². The van der Waals surface area contributed by atoms with E-state index in [0.717, 1.165) is 30.8 Å². The molecule has 0 radical (unpaired) electrons. The number of pyridine rings is 1. The molecule has 1 saturated heterocycles. The Balaban J connectivity index is 2.06. The molecule has 1 fully saturated rings. The van der Waals surface area contributed by atoms with Crippen molar-refractivity contribution in [2.75, 3.05) is 24.5 Å². The summed E-state index contributed by atoms with van der Waals surface area (Å²) in [6.07, 6.45) is 4.79. The molecule has 2 aromatic rings. The largest absolute Gasteiger partial charge is 0.356 e. The molecule has 118 valence electrons.